The van der Waals surface area contributed by atoms with E-state index in [1.54, 1.807) is 0 Å². The molecule has 0 amide bonds. The Labute approximate surface area is 447 Å². The average molecular weight is 981 g/mol. The van der Waals surface area contributed by atoms with Crippen LogP contribution in [0.2, 0.25) is 0 Å². The highest BCUT2D eigenvalue weighted by Gasteiger charge is 2.54. The number of hydrogen-bond acceptors (Lipinski definition) is 3. The van der Waals surface area contributed by atoms with Gasteiger partial charge >= 0.3 is 0 Å². The Balaban J connectivity index is 0.995. The minimum Gasteiger partial charge on any atom is -0.456 e. The molecule has 16 rings (SSSR count). The molecule has 3 aliphatic rings. The second kappa shape index (κ2) is 16.8. The molecule has 360 valence electrons. The number of nitrogens with zero attached hydrogens (tertiary/aromatic N) is 2. The maximum atomic E-state index is 6.73. The van der Waals surface area contributed by atoms with Crippen molar-refractivity contribution in [1.29, 1.82) is 0 Å². The van der Waals surface area contributed by atoms with Crippen LogP contribution in [0, 0.1) is 0 Å². The van der Waals surface area contributed by atoms with E-state index in [0.29, 0.717) is 0 Å². The van der Waals surface area contributed by atoms with Gasteiger partial charge < -0.3 is 14.2 Å². The number of fused-ring (bicyclic) bond motifs is 11. The zero-order chi connectivity index (χ0) is 50.7. The van der Waals surface area contributed by atoms with Gasteiger partial charge in [0.05, 0.1) is 22.2 Å². The van der Waals surface area contributed by atoms with Crippen molar-refractivity contribution < 1.29 is 4.42 Å². The van der Waals surface area contributed by atoms with Crippen molar-refractivity contribution in [2.45, 2.75) is 10.8 Å². The third-order valence-electron chi connectivity index (χ3n) is 16.9. The summed E-state index contributed by atoms with van der Waals surface area (Å²) in [5, 5.41) is 2.20. The molecule has 12 aromatic carbocycles. The van der Waals surface area contributed by atoms with Gasteiger partial charge in [0.25, 0.3) is 0 Å². The SMILES string of the molecule is c1ccc(-c2ccc3c4c2N(c2ccccc2)c2ccccc2C4(c2ccccc2)c2cc(N(c4ccc5c(c4)C(c4ccccc4)(c4ccccc4)c4ccccc4-5)c4ccc5c(c4)oc4ccccc45)ccc2-3)cc1. The fourth-order valence-electron chi connectivity index (χ4n) is 13.9. The lowest BCUT2D eigenvalue weighted by Crippen LogP contribution is -2.36. The number of hydrogen-bond donors (Lipinski definition) is 0. The minimum atomic E-state index is -0.701. The molecule has 1 aromatic heterocycles. The molecule has 0 saturated carbocycles. The molecule has 77 heavy (non-hydrogen) atoms. The molecular formula is C74H48N2O. The molecule has 3 heteroatoms. The summed E-state index contributed by atoms with van der Waals surface area (Å²) in [5.41, 5.74) is 24.4. The molecule has 0 bridgehead atoms. The maximum absolute atomic E-state index is 6.73. The third-order valence-corrected chi connectivity index (χ3v) is 16.9. The van der Waals surface area contributed by atoms with E-state index >= 15 is 0 Å². The average Bonchev–Trinajstić information content (AvgIpc) is 4.36. The predicted molar refractivity (Wildman–Crippen MR) is 317 cm³/mol. The van der Waals surface area contributed by atoms with Crippen LogP contribution in [0.25, 0.3) is 55.3 Å². The van der Waals surface area contributed by atoms with Gasteiger partial charge in [-0.05, 0) is 127 Å². The van der Waals surface area contributed by atoms with Gasteiger partial charge in [-0.15, -0.1) is 0 Å². The molecule has 0 radical (unpaired) electrons. The Morgan fingerprint density at radius 3 is 1.47 bits per heavy atom. The van der Waals surface area contributed by atoms with E-state index in [-0.39, 0.29) is 0 Å². The van der Waals surface area contributed by atoms with Crippen LogP contribution in [-0.2, 0) is 10.8 Å². The monoisotopic (exact) mass is 980 g/mol. The van der Waals surface area contributed by atoms with Crippen molar-refractivity contribution in [1.82, 2.24) is 0 Å². The second-order valence-electron chi connectivity index (χ2n) is 20.7. The Morgan fingerprint density at radius 2 is 0.779 bits per heavy atom. The van der Waals surface area contributed by atoms with E-state index in [1.165, 1.54) is 83.6 Å². The van der Waals surface area contributed by atoms with Crippen LogP contribution >= 0.6 is 0 Å². The van der Waals surface area contributed by atoms with Gasteiger partial charge in [-0.1, -0.05) is 224 Å². The highest BCUT2D eigenvalue weighted by Crippen LogP contribution is 2.67. The molecule has 0 fully saturated rings. The molecule has 13 aromatic rings. The number of benzene rings is 12. The zero-order valence-electron chi connectivity index (χ0n) is 42.0. The Bertz CT molecular complexity index is 4410. The molecule has 0 saturated heterocycles. The van der Waals surface area contributed by atoms with Gasteiger partial charge in [-0.3, -0.25) is 0 Å². The summed E-state index contributed by atoms with van der Waals surface area (Å²) >= 11 is 0. The lowest BCUT2D eigenvalue weighted by atomic mass is 9.64. The summed E-state index contributed by atoms with van der Waals surface area (Å²) in [6.45, 7) is 0. The number of anilines is 6. The van der Waals surface area contributed by atoms with Crippen LogP contribution in [-0.4, -0.2) is 0 Å². The molecule has 3 nitrogen and oxygen atoms in total. The summed E-state index contributed by atoms with van der Waals surface area (Å²) in [5.74, 6) is 0. The van der Waals surface area contributed by atoms with Gasteiger partial charge in [-0.2, -0.15) is 0 Å². The summed E-state index contributed by atoms with van der Waals surface area (Å²) in [4.78, 5) is 4.99. The molecule has 0 spiro atoms. The highest BCUT2D eigenvalue weighted by molar-refractivity contribution is 6.07. The van der Waals surface area contributed by atoms with Crippen LogP contribution in [0.4, 0.5) is 34.1 Å². The standard InChI is InChI=1S/C74H48N2O/c1-6-22-49(23-7-1)57-44-45-63-60-42-39-55(47-67(60)74(52-28-12-4-13-29-52)65-35-19-20-36-68(65)76(72(57)71(63)74)53-30-14-5-15-31-53)75(56-40-43-62-61-33-17-21-37-69(61)77-70(62)48-56)54-38-41-59-58-32-16-18-34-64(58)73(66(59)46-54,50-24-8-2-9-25-50)51-26-10-3-11-27-51/h1-48H. The first-order chi connectivity index (χ1) is 38.2. The van der Waals surface area contributed by atoms with E-state index in [1.807, 2.05) is 6.07 Å². The van der Waals surface area contributed by atoms with Gasteiger partial charge in [0.2, 0.25) is 0 Å². The van der Waals surface area contributed by atoms with Gasteiger partial charge in [0.1, 0.15) is 11.2 Å². The second-order valence-corrected chi connectivity index (χ2v) is 20.7. The van der Waals surface area contributed by atoms with E-state index in [9.17, 15) is 0 Å². The van der Waals surface area contributed by atoms with Crippen LogP contribution in [0.15, 0.2) is 296 Å². The first-order valence-corrected chi connectivity index (χ1v) is 26.7. The number of rotatable bonds is 8. The topological polar surface area (TPSA) is 19.6 Å². The fraction of sp³-hybridized carbons (Fsp3) is 0.0270. The number of furan rings is 1. The molecule has 1 atom stereocenters. The third kappa shape index (κ3) is 6.08. The van der Waals surface area contributed by atoms with Crippen molar-refractivity contribution in [3.8, 4) is 33.4 Å². The molecule has 2 heterocycles. The summed E-state index contributed by atoms with van der Waals surface area (Å²) in [7, 11) is 0. The molecular weight excluding hydrogens is 933 g/mol. The first kappa shape index (κ1) is 43.4. The summed E-state index contributed by atoms with van der Waals surface area (Å²) in [6, 6.07) is 108. The van der Waals surface area contributed by atoms with Crippen LogP contribution in [0.3, 0.4) is 0 Å². The fourth-order valence-corrected chi connectivity index (χ4v) is 13.9. The van der Waals surface area contributed by atoms with E-state index in [0.717, 1.165) is 50.4 Å². The van der Waals surface area contributed by atoms with Crippen LogP contribution in [0.1, 0.15) is 44.5 Å². The quantitative estimate of drug-likeness (QED) is 0.151. The van der Waals surface area contributed by atoms with Gasteiger partial charge in [0, 0.05) is 50.7 Å². The van der Waals surface area contributed by atoms with E-state index < -0.39 is 10.8 Å². The number of para-hydroxylation sites is 3. The van der Waals surface area contributed by atoms with Crippen molar-refractivity contribution in [2.24, 2.45) is 0 Å². The highest BCUT2D eigenvalue weighted by atomic mass is 16.3. The molecule has 2 aliphatic carbocycles. The predicted octanol–water partition coefficient (Wildman–Crippen LogP) is 19.2. The Hall–Kier alpha value is -9.96. The van der Waals surface area contributed by atoms with Crippen molar-refractivity contribution >= 4 is 56.1 Å². The van der Waals surface area contributed by atoms with E-state index in [2.05, 4.69) is 295 Å². The molecule has 1 aliphatic heterocycles. The van der Waals surface area contributed by atoms with Crippen molar-refractivity contribution in [2.75, 3.05) is 9.80 Å². The molecule has 0 N–H and O–H groups in total. The van der Waals surface area contributed by atoms with Crippen LogP contribution < -0.4 is 9.80 Å². The first-order valence-electron chi connectivity index (χ1n) is 26.7. The van der Waals surface area contributed by atoms with E-state index in [4.69, 9.17) is 4.42 Å². The minimum absolute atomic E-state index is 0.584. The van der Waals surface area contributed by atoms with Gasteiger partial charge in [0.15, 0.2) is 0 Å². The largest absolute Gasteiger partial charge is 0.456 e. The summed E-state index contributed by atoms with van der Waals surface area (Å²) in [6.07, 6.45) is 0. The smallest absolute Gasteiger partial charge is 0.137 e. The lowest BCUT2D eigenvalue weighted by Gasteiger charge is -2.45. The maximum Gasteiger partial charge on any atom is 0.137 e. The van der Waals surface area contributed by atoms with Crippen molar-refractivity contribution in [3.05, 3.63) is 336 Å². The van der Waals surface area contributed by atoms with Gasteiger partial charge in [-0.25, -0.2) is 0 Å². The zero-order valence-corrected chi connectivity index (χ0v) is 42.0. The normalized spacial score (nSPS) is 15.1. The van der Waals surface area contributed by atoms with Crippen molar-refractivity contribution in [3.63, 3.8) is 0 Å². The summed E-state index contributed by atoms with van der Waals surface area (Å²) < 4.78 is 6.73. The Morgan fingerprint density at radius 1 is 0.312 bits per heavy atom. The van der Waals surface area contributed by atoms with Crippen LogP contribution in [0.5, 0.6) is 0 Å². The Kier molecular flexibility index (Phi) is 9.47. The lowest BCUT2D eigenvalue weighted by molar-refractivity contribution is 0.669. The molecule has 1 unspecified atom stereocenters.